The van der Waals surface area contributed by atoms with E-state index in [1.165, 1.54) is 5.56 Å². The lowest BCUT2D eigenvalue weighted by atomic mass is 10.2. The second-order valence-electron chi connectivity index (χ2n) is 2.44. The van der Waals surface area contributed by atoms with Gasteiger partial charge in [0, 0.05) is 5.69 Å². The van der Waals surface area contributed by atoms with Crippen molar-refractivity contribution in [2.24, 2.45) is 0 Å². The molecule has 0 fully saturated rings. The molecule has 0 heterocycles. The fourth-order valence-corrected chi connectivity index (χ4v) is 0.566. The highest BCUT2D eigenvalue weighted by Crippen LogP contribution is 2.02. The maximum absolute atomic E-state index is 9.24. The number of carboxylic acid groups (broad SMARTS) is 1. The summed E-state index contributed by atoms with van der Waals surface area (Å²) < 4.78 is 0. The topological polar surface area (TPSA) is 63.3 Å². The molecule has 0 radical (unpaired) electrons. The molecule has 4 heteroatoms. The van der Waals surface area contributed by atoms with Crippen LogP contribution >= 0.6 is 11.6 Å². The van der Waals surface area contributed by atoms with Gasteiger partial charge < -0.3 is 10.8 Å². The Hall–Kier alpha value is -1.22. The van der Waals surface area contributed by atoms with Crippen LogP contribution in [-0.2, 0) is 4.79 Å². The van der Waals surface area contributed by atoms with Crippen molar-refractivity contribution >= 4 is 23.3 Å². The van der Waals surface area contributed by atoms with Crippen LogP contribution in [0, 0.1) is 6.92 Å². The number of alkyl halides is 1. The Morgan fingerprint density at radius 1 is 1.46 bits per heavy atom. The molecular formula is C9H12ClNO2. The minimum Gasteiger partial charge on any atom is -0.480 e. The highest BCUT2D eigenvalue weighted by atomic mass is 35.5. The van der Waals surface area contributed by atoms with Crippen molar-refractivity contribution < 1.29 is 9.90 Å². The fourth-order valence-electron chi connectivity index (χ4n) is 0.566. The molecule has 3 N–H and O–H groups in total. The SMILES string of the molecule is Cc1ccc(N)cc1.O=C(O)CCl. The third-order valence-electron chi connectivity index (χ3n) is 1.19. The molecule has 0 amide bonds. The lowest BCUT2D eigenvalue weighted by Gasteiger charge is -1.90. The van der Waals surface area contributed by atoms with E-state index in [-0.39, 0.29) is 5.88 Å². The van der Waals surface area contributed by atoms with E-state index >= 15 is 0 Å². The van der Waals surface area contributed by atoms with Crippen LogP contribution in [0.25, 0.3) is 0 Å². The Bertz CT molecular complexity index is 238. The number of carbonyl (C=O) groups is 1. The molecule has 1 aromatic carbocycles. The van der Waals surface area contributed by atoms with E-state index in [9.17, 15) is 4.79 Å². The maximum Gasteiger partial charge on any atom is 0.318 e. The van der Waals surface area contributed by atoms with Crippen molar-refractivity contribution in [3.63, 3.8) is 0 Å². The average Bonchev–Trinajstić information content (AvgIpc) is 2.11. The van der Waals surface area contributed by atoms with Crippen LogP contribution in [0.15, 0.2) is 24.3 Å². The van der Waals surface area contributed by atoms with E-state index in [0.717, 1.165) is 5.69 Å². The molecule has 0 aliphatic carbocycles. The summed E-state index contributed by atoms with van der Waals surface area (Å²) in [4.78, 5) is 9.24. The van der Waals surface area contributed by atoms with Gasteiger partial charge in [0.1, 0.15) is 5.88 Å². The van der Waals surface area contributed by atoms with Crippen LogP contribution in [0.2, 0.25) is 0 Å². The number of aryl methyl sites for hydroxylation is 1. The zero-order valence-electron chi connectivity index (χ0n) is 7.33. The van der Waals surface area contributed by atoms with Gasteiger partial charge in [0.15, 0.2) is 0 Å². The van der Waals surface area contributed by atoms with Crippen molar-refractivity contribution in [2.75, 3.05) is 11.6 Å². The van der Waals surface area contributed by atoms with Crippen molar-refractivity contribution in [1.29, 1.82) is 0 Å². The summed E-state index contributed by atoms with van der Waals surface area (Å²) in [6.07, 6.45) is 0. The van der Waals surface area contributed by atoms with E-state index in [0.29, 0.717) is 0 Å². The molecule has 0 saturated carbocycles. The number of rotatable bonds is 1. The minimum absolute atomic E-state index is 0.306. The maximum atomic E-state index is 9.24. The number of halogens is 1. The normalized spacial score (nSPS) is 8.46. The number of hydrogen-bond donors (Lipinski definition) is 2. The van der Waals surface area contributed by atoms with Gasteiger partial charge >= 0.3 is 5.97 Å². The first-order valence-corrected chi connectivity index (χ1v) is 4.19. The van der Waals surface area contributed by atoms with Crippen LogP contribution in [0.3, 0.4) is 0 Å². The molecule has 0 aromatic heterocycles. The van der Waals surface area contributed by atoms with E-state index < -0.39 is 5.97 Å². The van der Waals surface area contributed by atoms with Gasteiger partial charge in [-0.1, -0.05) is 17.7 Å². The van der Waals surface area contributed by atoms with Gasteiger partial charge in [-0.05, 0) is 19.1 Å². The number of aliphatic carboxylic acids is 1. The zero-order chi connectivity index (χ0) is 10.3. The Morgan fingerprint density at radius 2 is 1.85 bits per heavy atom. The third-order valence-corrected chi connectivity index (χ3v) is 1.42. The molecule has 0 aliphatic heterocycles. The van der Waals surface area contributed by atoms with E-state index in [1.807, 2.05) is 31.2 Å². The van der Waals surface area contributed by atoms with Gasteiger partial charge in [-0.15, -0.1) is 11.6 Å². The van der Waals surface area contributed by atoms with Crippen LogP contribution in [0.4, 0.5) is 5.69 Å². The lowest BCUT2D eigenvalue weighted by Crippen LogP contribution is -1.92. The minimum atomic E-state index is -0.980. The van der Waals surface area contributed by atoms with Gasteiger partial charge in [-0.2, -0.15) is 0 Å². The number of anilines is 1. The van der Waals surface area contributed by atoms with Crippen molar-refractivity contribution in [2.45, 2.75) is 6.92 Å². The predicted molar refractivity (Wildman–Crippen MR) is 53.9 cm³/mol. The first-order chi connectivity index (χ1) is 6.06. The molecule has 0 atom stereocenters. The summed E-state index contributed by atoms with van der Waals surface area (Å²) in [6, 6.07) is 7.79. The fraction of sp³-hybridized carbons (Fsp3) is 0.222. The molecule has 1 rings (SSSR count). The van der Waals surface area contributed by atoms with Gasteiger partial charge in [0.25, 0.3) is 0 Å². The molecule has 3 nitrogen and oxygen atoms in total. The van der Waals surface area contributed by atoms with Crippen molar-refractivity contribution in [1.82, 2.24) is 0 Å². The second kappa shape index (κ2) is 6.31. The summed E-state index contributed by atoms with van der Waals surface area (Å²) in [6.45, 7) is 2.04. The van der Waals surface area contributed by atoms with Crippen LogP contribution in [0.5, 0.6) is 0 Å². The molecular weight excluding hydrogens is 190 g/mol. The van der Waals surface area contributed by atoms with Crippen molar-refractivity contribution in [3.8, 4) is 0 Å². The van der Waals surface area contributed by atoms with Crippen LogP contribution in [-0.4, -0.2) is 17.0 Å². The molecule has 0 aliphatic rings. The standard InChI is InChI=1S/C7H9N.C2H3ClO2/c1-6-2-4-7(8)5-3-6;3-1-2(4)5/h2-5H,8H2,1H3;1H2,(H,4,5). The molecule has 0 bridgehead atoms. The zero-order valence-corrected chi connectivity index (χ0v) is 8.08. The number of benzene rings is 1. The molecule has 72 valence electrons. The van der Waals surface area contributed by atoms with Gasteiger partial charge in [-0.25, -0.2) is 0 Å². The Kier molecular flexibility index (Phi) is 5.72. The molecule has 0 unspecified atom stereocenters. The van der Waals surface area contributed by atoms with Crippen LogP contribution in [0.1, 0.15) is 5.56 Å². The van der Waals surface area contributed by atoms with Gasteiger partial charge in [0.2, 0.25) is 0 Å². The van der Waals surface area contributed by atoms with Gasteiger partial charge in [0.05, 0.1) is 0 Å². The first-order valence-electron chi connectivity index (χ1n) is 3.66. The monoisotopic (exact) mass is 201 g/mol. The van der Waals surface area contributed by atoms with E-state index in [1.54, 1.807) is 0 Å². The Labute approximate surface area is 82.1 Å². The highest BCUT2D eigenvalue weighted by Gasteiger charge is 1.83. The summed E-state index contributed by atoms with van der Waals surface area (Å²) >= 11 is 4.74. The lowest BCUT2D eigenvalue weighted by molar-refractivity contribution is -0.134. The van der Waals surface area contributed by atoms with Crippen molar-refractivity contribution in [3.05, 3.63) is 29.8 Å². The number of nitrogens with two attached hydrogens (primary N) is 1. The second-order valence-corrected chi connectivity index (χ2v) is 2.71. The van der Waals surface area contributed by atoms with Gasteiger partial charge in [-0.3, -0.25) is 4.79 Å². The number of nitrogen functional groups attached to an aromatic ring is 1. The highest BCUT2D eigenvalue weighted by molar-refractivity contribution is 6.26. The van der Waals surface area contributed by atoms with Crippen LogP contribution < -0.4 is 5.73 Å². The third kappa shape index (κ3) is 7.15. The Balaban J connectivity index is 0.000000252. The molecule has 1 aromatic rings. The molecule has 13 heavy (non-hydrogen) atoms. The quantitative estimate of drug-likeness (QED) is 0.539. The largest absolute Gasteiger partial charge is 0.480 e. The first kappa shape index (κ1) is 11.8. The summed E-state index contributed by atoms with van der Waals surface area (Å²) in [5.41, 5.74) is 7.51. The summed E-state index contributed by atoms with van der Waals surface area (Å²) in [5.74, 6) is -1.29. The number of carboxylic acids is 1. The molecule has 0 saturated heterocycles. The predicted octanol–water partition coefficient (Wildman–Crippen LogP) is 1.89. The summed E-state index contributed by atoms with van der Waals surface area (Å²) in [5, 5.41) is 7.59. The Morgan fingerprint density at radius 3 is 2.08 bits per heavy atom. The number of hydrogen-bond acceptors (Lipinski definition) is 2. The van der Waals surface area contributed by atoms with E-state index in [2.05, 4.69) is 0 Å². The smallest absolute Gasteiger partial charge is 0.318 e. The summed E-state index contributed by atoms with van der Waals surface area (Å²) in [7, 11) is 0. The average molecular weight is 202 g/mol. The van der Waals surface area contributed by atoms with E-state index in [4.69, 9.17) is 22.4 Å². The molecule has 0 spiro atoms.